The lowest BCUT2D eigenvalue weighted by molar-refractivity contribution is -0.192. The topological polar surface area (TPSA) is 121 Å². The molecule has 0 bridgehead atoms. The van der Waals surface area contributed by atoms with Gasteiger partial charge in [0, 0.05) is 44.5 Å². The van der Waals surface area contributed by atoms with E-state index >= 15 is 0 Å². The fourth-order valence-corrected chi connectivity index (χ4v) is 4.32. The van der Waals surface area contributed by atoms with E-state index < -0.39 is 12.1 Å². The second-order valence-electron chi connectivity index (χ2n) is 8.59. The SMILES string of the molecule is O=C(Nc1cccnc1)C1CN(C(=O)NCc2ccccc2)CC12CCOCC2.O=C(O)C(F)(F)F. The summed E-state index contributed by atoms with van der Waals surface area (Å²) in [4.78, 5) is 40.6. The Morgan fingerprint density at radius 3 is 2.36 bits per heavy atom. The van der Waals surface area contributed by atoms with E-state index in [-0.39, 0.29) is 23.3 Å². The maximum atomic E-state index is 13.1. The molecule has 2 fully saturated rings. The van der Waals surface area contributed by atoms with Crippen molar-refractivity contribution in [2.75, 3.05) is 31.6 Å². The van der Waals surface area contributed by atoms with Crippen molar-refractivity contribution >= 4 is 23.6 Å². The summed E-state index contributed by atoms with van der Waals surface area (Å²) in [5.74, 6) is -3.08. The molecule has 1 spiro atoms. The van der Waals surface area contributed by atoms with Gasteiger partial charge in [0.25, 0.3) is 0 Å². The number of carboxylic acids is 1. The number of alkyl halides is 3. The van der Waals surface area contributed by atoms with Crippen LogP contribution in [0.15, 0.2) is 54.9 Å². The van der Waals surface area contributed by atoms with Crippen LogP contribution in [0.3, 0.4) is 0 Å². The molecule has 2 saturated heterocycles. The number of carboxylic acid groups (broad SMARTS) is 1. The van der Waals surface area contributed by atoms with Crippen LogP contribution >= 0.6 is 0 Å². The Morgan fingerprint density at radius 1 is 1.11 bits per heavy atom. The summed E-state index contributed by atoms with van der Waals surface area (Å²) in [6, 6.07) is 13.3. The van der Waals surface area contributed by atoms with Gasteiger partial charge in [-0.1, -0.05) is 30.3 Å². The summed E-state index contributed by atoms with van der Waals surface area (Å²) in [6.45, 7) is 2.69. The molecule has 1 aromatic carbocycles. The van der Waals surface area contributed by atoms with Crippen LogP contribution in [0.25, 0.3) is 0 Å². The van der Waals surface area contributed by atoms with Gasteiger partial charge in [-0.05, 0) is 30.5 Å². The number of nitrogens with one attached hydrogen (secondary N) is 2. The van der Waals surface area contributed by atoms with E-state index in [0.29, 0.717) is 38.5 Å². The molecule has 2 aromatic rings. The first-order chi connectivity index (χ1) is 17.1. The van der Waals surface area contributed by atoms with E-state index in [4.69, 9.17) is 14.6 Å². The number of aromatic nitrogens is 1. The first-order valence-corrected chi connectivity index (χ1v) is 11.3. The molecule has 12 heteroatoms. The molecule has 36 heavy (non-hydrogen) atoms. The summed E-state index contributed by atoms with van der Waals surface area (Å²) < 4.78 is 37.3. The van der Waals surface area contributed by atoms with Crippen molar-refractivity contribution < 1.29 is 37.4 Å². The third-order valence-electron chi connectivity index (χ3n) is 6.20. The number of halogens is 3. The Balaban J connectivity index is 0.000000454. The highest BCUT2D eigenvalue weighted by Gasteiger charge is 2.51. The fraction of sp³-hybridized carbons (Fsp3) is 0.417. The molecule has 1 unspecified atom stereocenters. The second-order valence-corrected chi connectivity index (χ2v) is 8.59. The molecular formula is C24H27F3N4O5. The maximum absolute atomic E-state index is 13.1. The van der Waals surface area contributed by atoms with Crippen molar-refractivity contribution in [2.45, 2.75) is 25.6 Å². The Kier molecular flexibility index (Phi) is 8.86. The molecule has 3 N–H and O–H groups in total. The molecular weight excluding hydrogens is 481 g/mol. The van der Waals surface area contributed by atoms with E-state index in [1.165, 1.54) is 0 Å². The normalized spacial score (nSPS) is 18.6. The zero-order chi connectivity index (χ0) is 26.2. The van der Waals surface area contributed by atoms with Gasteiger partial charge in [0.05, 0.1) is 17.8 Å². The van der Waals surface area contributed by atoms with Crippen molar-refractivity contribution in [1.29, 1.82) is 0 Å². The molecule has 0 saturated carbocycles. The van der Waals surface area contributed by atoms with E-state index in [1.807, 2.05) is 36.4 Å². The number of likely N-dealkylation sites (tertiary alicyclic amines) is 1. The summed E-state index contributed by atoms with van der Waals surface area (Å²) >= 11 is 0. The largest absolute Gasteiger partial charge is 0.490 e. The number of nitrogens with zero attached hydrogens (tertiary/aromatic N) is 2. The minimum Gasteiger partial charge on any atom is -0.475 e. The van der Waals surface area contributed by atoms with Crippen LogP contribution in [0.1, 0.15) is 18.4 Å². The maximum Gasteiger partial charge on any atom is 0.490 e. The first kappa shape index (κ1) is 26.9. The zero-order valence-electron chi connectivity index (χ0n) is 19.3. The Labute approximate surface area is 205 Å². The van der Waals surface area contributed by atoms with Crippen LogP contribution in [-0.2, 0) is 20.9 Å². The fourth-order valence-electron chi connectivity index (χ4n) is 4.32. The van der Waals surface area contributed by atoms with Gasteiger partial charge in [-0.25, -0.2) is 9.59 Å². The van der Waals surface area contributed by atoms with Crippen molar-refractivity contribution in [3.8, 4) is 0 Å². The van der Waals surface area contributed by atoms with Crippen LogP contribution in [-0.4, -0.2) is 65.4 Å². The summed E-state index contributed by atoms with van der Waals surface area (Å²) in [6.07, 6.45) is -0.223. The highest BCUT2D eigenvalue weighted by atomic mass is 19.4. The lowest BCUT2D eigenvalue weighted by atomic mass is 9.71. The number of hydrogen-bond donors (Lipinski definition) is 3. The molecule has 1 aromatic heterocycles. The van der Waals surface area contributed by atoms with Gasteiger partial charge in [-0.3, -0.25) is 9.78 Å². The summed E-state index contributed by atoms with van der Waals surface area (Å²) in [5.41, 5.74) is 1.48. The molecule has 9 nitrogen and oxygen atoms in total. The van der Waals surface area contributed by atoms with Gasteiger partial charge >= 0.3 is 18.2 Å². The zero-order valence-corrected chi connectivity index (χ0v) is 19.3. The number of anilines is 1. The molecule has 3 amide bonds. The second kappa shape index (κ2) is 11.8. The molecule has 0 aliphatic carbocycles. The molecule has 3 heterocycles. The monoisotopic (exact) mass is 508 g/mol. The average Bonchev–Trinajstić information content (AvgIpc) is 3.22. The minimum atomic E-state index is -5.08. The highest BCUT2D eigenvalue weighted by molar-refractivity contribution is 5.94. The highest BCUT2D eigenvalue weighted by Crippen LogP contribution is 2.44. The molecule has 194 valence electrons. The number of carbonyl (C=O) groups is 3. The lowest BCUT2D eigenvalue weighted by Crippen LogP contribution is -2.42. The predicted molar refractivity (Wildman–Crippen MR) is 123 cm³/mol. The van der Waals surface area contributed by atoms with Gasteiger partial charge in [0.15, 0.2) is 0 Å². The first-order valence-electron chi connectivity index (χ1n) is 11.3. The molecule has 2 aliphatic rings. The molecule has 1 atom stereocenters. The molecule has 0 radical (unpaired) electrons. The molecule has 4 rings (SSSR count). The Morgan fingerprint density at radius 2 is 1.78 bits per heavy atom. The van der Waals surface area contributed by atoms with Crippen molar-refractivity contribution in [1.82, 2.24) is 15.2 Å². The van der Waals surface area contributed by atoms with Gasteiger partial charge in [-0.15, -0.1) is 0 Å². The predicted octanol–water partition coefficient (Wildman–Crippen LogP) is 3.29. The van der Waals surface area contributed by atoms with E-state index in [1.54, 1.807) is 23.4 Å². The molecule has 2 aliphatic heterocycles. The number of carbonyl (C=O) groups excluding carboxylic acids is 2. The van der Waals surface area contributed by atoms with Gasteiger partial charge in [0.1, 0.15) is 0 Å². The van der Waals surface area contributed by atoms with Gasteiger partial charge in [-0.2, -0.15) is 13.2 Å². The van der Waals surface area contributed by atoms with Crippen LogP contribution < -0.4 is 10.6 Å². The van der Waals surface area contributed by atoms with Crippen LogP contribution in [0.4, 0.5) is 23.7 Å². The summed E-state index contributed by atoms with van der Waals surface area (Å²) in [5, 5.41) is 13.1. The number of ether oxygens (including phenoxy) is 1. The number of rotatable bonds is 4. The number of aliphatic carboxylic acids is 1. The summed E-state index contributed by atoms with van der Waals surface area (Å²) in [7, 11) is 0. The van der Waals surface area contributed by atoms with E-state index in [9.17, 15) is 22.8 Å². The Hall–Kier alpha value is -3.67. The third-order valence-corrected chi connectivity index (χ3v) is 6.20. The average molecular weight is 508 g/mol. The number of pyridine rings is 1. The number of hydrogen-bond acceptors (Lipinski definition) is 5. The number of urea groups is 1. The van der Waals surface area contributed by atoms with E-state index in [2.05, 4.69) is 15.6 Å². The number of benzene rings is 1. The van der Waals surface area contributed by atoms with Crippen LogP contribution in [0.5, 0.6) is 0 Å². The van der Waals surface area contributed by atoms with Crippen molar-refractivity contribution in [3.05, 3.63) is 60.4 Å². The Bertz CT molecular complexity index is 1030. The minimum absolute atomic E-state index is 0.0572. The van der Waals surface area contributed by atoms with Gasteiger partial charge in [0.2, 0.25) is 5.91 Å². The van der Waals surface area contributed by atoms with Crippen LogP contribution in [0.2, 0.25) is 0 Å². The lowest BCUT2D eigenvalue weighted by Gasteiger charge is -2.37. The van der Waals surface area contributed by atoms with Crippen LogP contribution in [0, 0.1) is 11.3 Å². The van der Waals surface area contributed by atoms with Crippen molar-refractivity contribution in [2.24, 2.45) is 11.3 Å². The standard InChI is InChI=1S/C22H26N4O3.C2HF3O2/c27-20(25-18-7-4-10-23-14-18)19-15-26(16-22(19)8-11-29-12-9-22)21(28)24-13-17-5-2-1-3-6-17;3-2(4,5)1(6)7/h1-7,10,14,19H,8-9,11-13,15-16H2,(H,24,28)(H,25,27);(H,6,7). The smallest absolute Gasteiger partial charge is 0.475 e. The van der Waals surface area contributed by atoms with Crippen molar-refractivity contribution in [3.63, 3.8) is 0 Å². The van der Waals surface area contributed by atoms with Gasteiger partial charge < -0.3 is 25.4 Å². The third kappa shape index (κ3) is 7.17. The number of amides is 3. The quantitative estimate of drug-likeness (QED) is 0.583. The van der Waals surface area contributed by atoms with E-state index in [0.717, 1.165) is 18.4 Å².